The molecule has 1 rings (SSSR count). The van der Waals surface area contributed by atoms with Crippen LogP contribution < -0.4 is 5.73 Å². The highest BCUT2D eigenvalue weighted by atomic mass is 19.4. The van der Waals surface area contributed by atoms with E-state index < -0.39 is 17.9 Å². The maximum absolute atomic E-state index is 13.2. The molecule has 104 valence electrons. The second-order valence-corrected chi connectivity index (χ2v) is 3.36. The Labute approximate surface area is 98.7 Å². The molecule has 0 saturated heterocycles. The van der Waals surface area contributed by atoms with Crippen molar-refractivity contribution in [3.63, 3.8) is 0 Å². The third-order valence-electron chi connectivity index (χ3n) is 2.17. The fraction of sp³-hybridized carbons (Fsp3) is 0.750. The number of methoxy groups -OCH3 is 1. The van der Waals surface area contributed by atoms with Crippen molar-refractivity contribution in [1.82, 2.24) is 14.8 Å². The van der Waals surface area contributed by atoms with Gasteiger partial charge in [0.1, 0.15) is 5.82 Å². The Hall–Kier alpha value is -1.29. The van der Waals surface area contributed by atoms with Gasteiger partial charge in [-0.2, -0.15) is 22.0 Å². The molecule has 0 saturated carbocycles. The summed E-state index contributed by atoms with van der Waals surface area (Å²) in [7, 11) is 1.29. The number of aromatic nitrogens is 3. The molecule has 0 aliphatic carbocycles. The standard InChI is InChI=1S/C8H11F5N4O/c1-18-3-2-17-5(4-14)15-16-6(17)7(9,10)8(11,12)13/h2-4,14H2,1H3. The highest BCUT2D eigenvalue weighted by Gasteiger charge is 2.62. The van der Waals surface area contributed by atoms with Crippen molar-refractivity contribution in [3.8, 4) is 0 Å². The molecule has 0 atom stereocenters. The molecule has 0 spiro atoms. The first kappa shape index (κ1) is 14.8. The van der Waals surface area contributed by atoms with Crippen LogP contribution in [0, 0.1) is 0 Å². The zero-order valence-electron chi connectivity index (χ0n) is 9.34. The molecule has 1 heterocycles. The summed E-state index contributed by atoms with van der Waals surface area (Å²) in [5.41, 5.74) is 5.20. The van der Waals surface area contributed by atoms with Gasteiger partial charge in [-0.1, -0.05) is 0 Å². The number of nitrogens with zero attached hydrogens (tertiary/aromatic N) is 3. The fourth-order valence-electron chi connectivity index (χ4n) is 1.26. The van der Waals surface area contributed by atoms with E-state index in [2.05, 4.69) is 14.9 Å². The summed E-state index contributed by atoms with van der Waals surface area (Å²) in [4.78, 5) is 0. The van der Waals surface area contributed by atoms with E-state index in [9.17, 15) is 22.0 Å². The third kappa shape index (κ3) is 2.58. The molecule has 0 aliphatic heterocycles. The van der Waals surface area contributed by atoms with E-state index in [1.165, 1.54) is 7.11 Å². The second-order valence-electron chi connectivity index (χ2n) is 3.36. The normalized spacial score (nSPS) is 13.1. The van der Waals surface area contributed by atoms with Crippen LogP contribution in [0.15, 0.2) is 0 Å². The molecule has 0 aromatic carbocycles. The lowest BCUT2D eigenvalue weighted by molar-refractivity contribution is -0.293. The zero-order chi connectivity index (χ0) is 14.0. The van der Waals surface area contributed by atoms with Gasteiger partial charge in [-0.3, -0.25) is 0 Å². The van der Waals surface area contributed by atoms with E-state index in [0.29, 0.717) is 4.57 Å². The Bertz CT molecular complexity index is 403. The summed E-state index contributed by atoms with van der Waals surface area (Å²) in [6.07, 6.45) is -5.74. The first-order valence-corrected chi connectivity index (χ1v) is 4.81. The Morgan fingerprint density at radius 2 is 1.83 bits per heavy atom. The van der Waals surface area contributed by atoms with Gasteiger partial charge in [0.05, 0.1) is 13.2 Å². The average molecular weight is 274 g/mol. The van der Waals surface area contributed by atoms with Gasteiger partial charge in [-0.05, 0) is 0 Å². The smallest absolute Gasteiger partial charge is 0.383 e. The predicted molar refractivity (Wildman–Crippen MR) is 49.7 cm³/mol. The van der Waals surface area contributed by atoms with E-state index >= 15 is 0 Å². The van der Waals surface area contributed by atoms with Crippen LogP contribution in [-0.4, -0.2) is 34.7 Å². The number of hydrogen-bond donors (Lipinski definition) is 1. The van der Waals surface area contributed by atoms with E-state index in [1.807, 2.05) is 0 Å². The first-order valence-electron chi connectivity index (χ1n) is 4.81. The summed E-state index contributed by atoms with van der Waals surface area (Å²) < 4.78 is 68.3. The van der Waals surface area contributed by atoms with Gasteiger partial charge in [-0.25, -0.2) is 0 Å². The van der Waals surface area contributed by atoms with Crippen LogP contribution in [0.3, 0.4) is 0 Å². The van der Waals surface area contributed by atoms with E-state index in [0.717, 1.165) is 0 Å². The Balaban J connectivity index is 3.20. The number of ether oxygens (including phenoxy) is 1. The van der Waals surface area contributed by atoms with Crippen molar-refractivity contribution in [1.29, 1.82) is 0 Å². The van der Waals surface area contributed by atoms with Gasteiger partial charge >= 0.3 is 12.1 Å². The molecule has 10 heteroatoms. The molecular formula is C8H11F5N4O. The van der Waals surface area contributed by atoms with Crippen LogP contribution in [0.1, 0.15) is 11.6 Å². The first-order chi connectivity index (χ1) is 8.25. The maximum atomic E-state index is 13.2. The monoisotopic (exact) mass is 274 g/mol. The molecule has 0 aliphatic rings. The van der Waals surface area contributed by atoms with Gasteiger partial charge in [0.2, 0.25) is 5.82 Å². The van der Waals surface area contributed by atoms with E-state index in [4.69, 9.17) is 5.73 Å². The summed E-state index contributed by atoms with van der Waals surface area (Å²) in [5.74, 6) is -6.72. The highest BCUT2D eigenvalue weighted by Crippen LogP contribution is 2.43. The van der Waals surface area contributed by atoms with Crippen LogP contribution in [0.4, 0.5) is 22.0 Å². The van der Waals surface area contributed by atoms with Crippen LogP contribution in [0.5, 0.6) is 0 Å². The molecular weight excluding hydrogens is 263 g/mol. The Kier molecular flexibility index (Phi) is 4.22. The topological polar surface area (TPSA) is 66.0 Å². The molecule has 18 heavy (non-hydrogen) atoms. The van der Waals surface area contributed by atoms with Gasteiger partial charge in [0.15, 0.2) is 0 Å². The Morgan fingerprint density at radius 3 is 2.28 bits per heavy atom. The second kappa shape index (κ2) is 5.14. The van der Waals surface area contributed by atoms with Crippen molar-refractivity contribution in [2.24, 2.45) is 5.73 Å². The Morgan fingerprint density at radius 1 is 1.22 bits per heavy atom. The number of rotatable bonds is 5. The highest BCUT2D eigenvalue weighted by molar-refractivity contribution is 5.05. The summed E-state index contributed by atoms with van der Waals surface area (Å²) in [6.45, 7) is -0.604. The van der Waals surface area contributed by atoms with Crippen molar-refractivity contribution >= 4 is 0 Å². The van der Waals surface area contributed by atoms with Crippen LogP contribution in [0.2, 0.25) is 0 Å². The molecule has 0 amide bonds. The predicted octanol–water partition coefficient (Wildman–Crippen LogP) is 1.04. The van der Waals surface area contributed by atoms with Crippen LogP contribution in [0.25, 0.3) is 0 Å². The fourth-order valence-corrected chi connectivity index (χ4v) is 1.26. The lowest BCUT2D eigenvalue weighted by Crippen LogP contribution is -2.37. The van der Waals surface area contributed by atoms with Crippen LogP contribution in [-0.2, 0) is 23.7 Å². The zero-order valence-corrected chi connectivity index (χ0v) is 9.34. The average Bonchev–Trinajstić information content (AvgIpc) is 2.67. The van der Waals surface area contributed by atoms with Crippen molar-refractivity contribution in [2.45, 2.75) is 25.2 Å². The number of alkyl halides is 5. The molecule has 2 N–H and O–H groups in total. The molecule has 1 aromatic heterocycles. The van der Waals surface area contributed by atoms with Gasteiger partial charge in [0.25, 0.3) is 0 Å². The molecule has 0 fully saturated rings. The lowest BCUT2D eigenvalue weighted by Gasteiger charge is -2.19. The summed E-state index contributed by atoms with van der Waals surface area (Å²) >= 11 is 0. The SMILES string of the molecule is COCCn1c(CN)nnc1C(F)(F)C(F)(F)F. The molecule has 0 radical (unpaired) electrons. The number of halogens is 5. The van der Waals surface area contributed by atoms with Gasteiger partial charge < -0.3 is 15.0 Å². The van der Waals surface area contributed by atoms with Crippen molar-refractivity contribution in [3.05, 3.63) is 11.6 Å². The lowest BCUT2D eigenvalue weighted by atomic mass is 10.3. The van der Waals surface area contributed by atoms with Crippen molar-refractivity contribution in [2.75, 3.05) is 13.7 Å². The molecule has 5 nitrogen and oxygen atoms in total. The number of nitrogens with two attached hydrogens (primary N) is 1. The van der Waals surface area contributed by atoms with E-state index in [1.54, 1.807) is 0 Å². The van der Waals surface area contributed by atoms with Crippen molar-refractivity contribution < 1.29 is 26.7 Å². The van der Waals surface area contributed by atoms with Gasteiger partial charge in [0, 0.05) is 13.7 Å². The molecule has 0 unspecified atom stereocenters. The molecule has 0 bridgehead atoms. The van der Waals surface area contributed by atoms with E-state index in [-0.39, 0.29) is 25.5 Å². The molecule has 1 aromatic rings. The summed E-state index contributed by atoms with van der Waals surface area (Å²) in [5, 5.41) is 6.11. The number of hydrogen-bond acceptors (Lipinski definition) is 4. The summed E-state index contributed by atoms with van der Waals surface area (Å²) in [6, 6.07) is 0. The minimum Gasteiger partial charge on any atom is -0.383 e. The van der Waals surface area contributed by atoms with Gasteiger partial charge in [-0.15, -0.1) is 10.2 Å². The third-order valence-corrected chi connectivity index (χ3v) is 2.17. The quantitative estimate of drug-likeness (QED) is 0.815. The maximum Gasteiger partial charge on any atom is 0.461 e. The minimum absolute atomic E-state index is 0.0635. The van der Waals surface area contributed by atoms with Crippen LogP contribution >= 0.6 is 0 Å². The minimum atomic E-state index is -5.74. The largest absolute Gasteiger partial charge is 0.461 e.